The molecule has 6 nitrogen and oxygen atoms in total. The number of hydrogen-bond donors (Lipinski definition) is 4. The van der Waals surface area contributed by atoms with Crippen LogP contribution in [0.2, 0.25) is 0 Å². The maximum Gasteiger partial charge on any atom is 0.252 e. The summed E-state index contributed by atoms with van der Waals surface area (Å²) in [4.78, 5) is 20.2. The number of phenols is 3. The number of carbonyl (C=O) groups excluding carboxylic acids is 2. The van der Waals surface area contributed by atoms with Crippen molar-refractivity contribution in [2.45, 2.75) is 13.3 Å². The van der Waals surface area contributed by atoms with Crippen molar-refractivity contribution in [3.63, 3.8) is 0 Å². The third-order valence-electron chi connectivity index (χ3n) is 1.90. The first kappa shape index (κ1) is 15.5. The van der Waals surface area contributed by atoms with Crippen molar-refractivity contribution >= 4 is 12.3 Å². The molecule has 0 spiro atoms. The molecule has 1 rings (SSSR count). The second-order valence-electron chi connectivity index (χ2n) is 3.22. The van der Waals surface area contributed by atoms with Gasteiger partial charge in [-0.25, -0.2) is 0 Å². The lowest BCUT2D eigenvalue weighted by Crippen LogP contribution is -2.22. The summed E-state index contributed by atoms with van der Waals surface area (Å²) < 4.78 is 0. The Kier molecular flexibility index (Phi) is 6.65. The molecule has 4 N–H and O–H groups in total. The highest BCUT2D eigenvalue weighted by atomic mass is 16.3. The van der Waals surface area contributed by atoms with Crippen LogP contribution in [-0.2, 0) is 9.59 Å². The lowest BCUT2D eigenvalue weighted by atomic mass is 10.2. The van der Waals surface area contributed by atoms with E-state index >= 15 is 0 Å². The molecule has 0 atom stereocenters. The first-order chi connectivity index (χ1) is 8.42. The lowest BCUT2D eigenvalue weighted by molar-refractivity contribution is -0.122. The predicted octanol–water partition coefficient (Wildman–Crippen LogP) is 1.03. The van der Waals surface area contributed by atoms with Gasteiger partial charge in [0.2, 0.25) is 6.41 Å². The zero-order valence-electron chi connectivity index (χ0n) is 9.88. The standard InChI is InChI=1S/C6H9NO2.C6H6O3/c1-3-5(2)6(9)7-4-8;7-4-1-2-5(8)6(9)3-4/h4H,2-3H2,1H3,(H,7,8,9);1-3,7-9H. The minimum Gasteiger partial charge on any atom is -0.508 e. The van der Waals surface area contributed by atoms with Crippen LogP contribution in [0.5, 0.6) is 17.2 Å². The average Bonchev–Trinajstić information content (AvgIpc) is 2.34. The summed E-state index contributed by atoms with van der Waals surface area (Å²) in [6, 6.07) is 3.56. The van der Waals surface area contributed by atoms with Gasteiger partial charge in [-0.15, -0.1) is 0 Å². The molecule has 2 amide bonds. The van der Waals surface area contributed by atoms with E-state index in [1.165, 1.54) is 12.1 Å². The maximum atomic E-state index is 10.5. The molecule has 1 aromatic rings. The van der Waals surface area contributed by atoms with Crippen molar-refractivity contribution in [2.24, 2.45) is 0 Å². The first-order valence-electron chi connectivity index (χ1n) is 5.05. The van der Waals surface area contributed by atoms with Gasteiger partial charge in [-0.2, -0.15) is 0 Å². The van der Waals surface area contributed by atoms with Crippen molar-refractivity contribution in [1.29, 1.82) is 0 Å². The van der Waals surface area contributed by atoms with Crippen LogP contribution in [0.3, 0.4) is 0 Å². The van der Waals surface area contributed by atoms with E-state index in [1.807, 2.05) is 5.32 Å². The van der Waals surface area contributed by atoms with Gasteiger partial charge < -0.3 is 15.3 Å². The summed E-state index contributed by atoms with van der Waals surface area (Å²) >= 11 is 0. The molecule has 0 saturated heterocycles. The Morgan fingerprint density at radius 2 is 1.94 bits per heavy atom. The van der Waals surface area contributed by atoms with Crippen LogP contribution in [0.1, 0.15) is 13.3 Å². The highest BCUT2D eigenvalue weighted by Crippen LogP contribution is 2.27. The highest BCUT2D eigenvalue weighted by molar-refractivity contribution is 5.98. The molecule has 6 heteroatoms. The van der Waals surface area contributed by atoms with Gasteiger partial charge in [-0.1, -0.05) is 13.5 Å². The minimum atomic E-state index is -0.396. The molecule has 98 valence electrons. The predicted molar refractivity (Wildman–Crippen MR) is 65.1 cm³/mol. The molecule has 0 radical (unpaired) electrons. The van der Waals surface area contributed by atoms with Gasteiger partial charge in [0, 0.05) is 11.6 Å². The van der Waals surface area contributed by atoms with Gasteiger partial charge in [-0.05, 0) is 18.6 Å². The molecule has 0 aliphatic carbocycles. The van der Waals surface area contributed by atoms with Crippen LogP contribution >= 0.6 is 0 Å². The number of amides is 2. The second-order valence-corrected chi connectivity index (χ2v) is 3.22. The van der Waals surface area contributed by atoms with E-state index in [-0.39, 0.29) is 17.2 Å². The van der Waals surface area contributed by atoms with Gasteiger partial charge in [0.1, 0.15) is 5.75 Å². The van der Waals surface area contributed by atoms with Gasteiger partial charge in [-0.3, -0.25) is 14.9 Å². The molecule has 0 aliphatic rings. The zero-order chi connectivity index (χ0) is 14.1. The Labute approximate surface area is 104 Å². The number of aromatic hydroxyl groups is 3. The number of imide groups is 1. The van der Waals surface area contributed by atoms with Gasteiger partial charge >= 0.3 is 0 Å². The number of nitrogens with one attached hydrogen (secondary N) is 1. The number of hydrogen-bond acceptors (Lipinski definition) is 5. The summed E-state index contributed by atoms with van der Waals surface area (Å²) in [5.41, 5.74) is 0.419. The summed E-state index contributed by atoms with van der Waals surface area (Å²) in [5.74, 6) is -0.999. The molecular formula is C12H15NO5. The number of phenolic OH excluding ortho intramolecular Hbond substituents is 3. The fourth-order valence-electron chi connectivity index (χ4n) is 0.828. The van der Waals surface area contributed by atoms with Gasteiger partial charge in [0.05, 0.1) is 0 Å². The molecule has 0 aliphatic heterocycles. The molecule has 0 heterocycles. The van der Waals surface area contributed by atoms with Crippen molar-refractivity contribution in [2.75, 3.05) is 0 Å². The summed E-state index contributed by atoms with van der Waals surface area (Å²) in [5, 5.41) is 28.0. The van der Waals surface area contributed by atoms with E-state index in [9.17, 15) is 9.59 Å². The third kappa shape index (κ3) is 5.55. The first-order valence-corrected chi connectivity index (χ1v) is 5.05. The topological polar surface area (TPSA) is 107 Å². The molecular weight excluding hydrogens is 238 g/mol. The van der Waals surface area contributed by atoms with Crippen LogP contribution in [0.25, 0.3) is 0 Å². The smallest absolute Gasteiger partial charge is 0.252 e. The van der Waals surface area contributed by atoms with E-state index in [0.717, 1.165) is 6.07 Å². The maximum absolute atomic E-state index is 10.5. The Balaban J connectivity index is 0.000000321. The van der Waals surface area contributed by atoms with Gasteiger partial charge in [0.15, 0.2) is 11.5 Å². The van der Waals surface area contributed by atoms with Crippen LogP contribution in [0.15, 0.2) is 30.4 Å². The zero-order valence-corrected chi connectivity index (χ0v) is 9.88. The van der Waals surface area contributed by atoms with Crippen molar-refractivity contribution in [1.82, 2.24) is 5.32 Å². The Bertz CT molecular complexity index is 442. The fraction of sp³-hybridized carbons (Fsp3) is 0.167. The molecule has 0 fully saturated rings. The van der Waals surface area contributed by atoms with E-state index in [2.05, 4.69) is 6.58 Å². The quantitative estimate of drug-likeness (QED) is 0.278. The molecule has 1 aromatic carbocycles. The van der Waals surface area contributed by atoms with E-state index in [4.69, 9.17) is 15.3 Å². The van der Waals surface area contributed by atoms with Crippen LogP contribution in [0.4, 0.5) is 0 Å². The van der Waals surface area contributed by atoms with Crippen molar-refractivity contribution in [3.8, 4) is 17.2 Å². The molecule has 0 unspecified atom stereocenters. The number of carbonyl (C=O) groups is 2. The Morgan fingerprint density at radius 1 is 1.33 bits per heavy atom. The summed E-state index contributed by atoms with van der Waals surface area (Å²) in [7, 11) is 0. The van der Waals surface area contributed by atoms with Crippen molar-refractivity contribution < 1.29 is 24.9 Å². The molecule has 0 aromatic heterocycles. The molecule has 18 heavy (non-hydrogen) atoms. The fourth-order valence-corrected chi connectivity index (χ4v) is 0.828. The lowest BCUT2D eigenvalue weighted by Gasteiger charge is -1.95. The Morgan fingerprint density at radius 3 is 2.33 bits per heavy atom. The summed E-state index contributed by atoms with van der Waals surface area (Å²) in [6.45, 7) is 5.22. The van der Waals surface area contributed by atoms with Crippen LogP contribution in [0, 0.1) is 0 Å². The molecule has 0 bridgehead atoms. The van der Waals surface area contributed by atoms with Crippen LogP contribution in [-0.4, -0.2) is 27.6 Å². The highest BCUT2D eigenvalue weighted by Gasteiger charge is 2.00. The van der Waals surface area contributed by atoms with E-state index in [0.29, 0.717) is 18.4 Å². The minimum absolute atomic E-state index is 0.0645. The van der Waals surface area contributed by atoms with Gasteiger partial charge in [0.25, 0.3) is 5.91 Å². The third-order valence-corrected chi connectivity index (χ3v) is 1.90. The second kappa shape index (κ2) is 7.72. The van der Waals surface area contributed by atoms with E-state index < -0.39 is 5.91 Å². The number of rotatable bonds is 3. The SMILES string of the molecule is C=C(CC)C(=O)NC=O.Oc1ccc(O)c(O)c1. The normalized spacial score (nSPS) is 8.72. The van der Waals surface area contributed by atoms with Crippen molar-refractivity contribution in [3.05, 3.63) is 30.4 Å². The molecule has 0 saturated carbocycles. The summed E-state index contributed by atoms with van der Waals surface area (Å²) in [6.07, 6.45) is 0.919. The number of benzene rings is 1. The average molecular weight is 253 g/mol. The van der Waals surface area contributed by atoms with Crippen LogP contribution < -0.4 is 5.32 Å². The Hall–Kier alpha value is -2.50. The van der Waals surface area contributed by atoms with E-state index in [1.54, 1.807) is 6.92 Å². The largest absolute Gasteiger partial charge is 0.508 e. The monoisotopic (exact) mass is 253 g/mol.